The number of nitrogens with zero attached hydrogens (tertiary/aromatic N) is 2. The van der Waals surface area contributed by atoms with Gasteiger partial charge in [0.1, 0.15) is 16.9 Å². The van der Waals surface area contributed by atoms with E-state index in [-0.39, 0.29) is 48.0 Å². The molecule has 13 nitrogen and oxygen atoms in total. The van der Waals surface area contributed by atoms with Crippen LogP contribution in [0.5, 0.6) is 17.2 Å². The number of esters is 3. The Labute approximate surface area is 218 Å². The Kier molecular flexibility index (Phi) is 10.4. The van der Waals surface area contributed by atoms with Crippen molar-refractivity contribution in [3.63, 3.8) is 0 Å². The molecule has 1 aliphatic heterocycles. The van der Waals surface area contributed by atoms with Crippen LogP contribution in [-0.2, 0) is 25.7 Å². The number of benzene rings is 2. The van der Waals surface area contributed by atoms with Crippen molar-refractivity contribution >= 4 is 17.9 Å². The van der Waals surface area contributed by atoms with Crippen molar-refractivity contribution < 1.29 is 48.0 Å². The second kappa shape index (κ2) is 13.9. The molecule has 1 aliphatic rings. The molecule has 0 aromatic heterocycles. The number of methoxy groups -OCH3 is 1. The lowest BCUT2D eigenvalue weighted by molar-refractivity contribution is -0.757. The first-order valence-corrected chi connectivity index (χ1v) is 11.7. The maximum atomic E-state index is 13.2. The van der Waals surface area contributed by atoms with Gasteiger partial charge in [-0.2, -0.15) is 0 Å². The molecule has 0 bridgehead atoms. The lowest BCUT2D eigenvalue weighted by atomic mass is 10.1. The lowest BCUT2D eigenvalue weighted by Gasteiger charge is -2.28. The van der Waals surface area contributed by atoms with Crippen LogP contribution < -0.4 is 14.2 Å². The molecule has 3 rings (SSSR count). The predicted octanol–water partition coefficient (Wildman–Crippen LogP) is 2.43. The first-order chi connectivity index (χ1) is 18.3. The van der Waals surface area contributed by atoms with E-state index >= 15 is 0 Å². The van der Waals surface area contributed by atoms with E-state index in [1.54, 1.807) is 18.2 Å². The maximum absolute atomic E-state index is 13.2. The van der Waals surface area contributed by atoms with Gasteiger partial charge in [0.2, 0.25) is 0 Å². The molecule has 2 aromatic rings. The van der Waals surface area contributed by atoms with Crippen molar-refractivity contribution in [1.29, 1.82) is 0 Å². The summed E-state index contributed by atoms with van der Waals surface area (Å²) in [6.45, 7) is 3.73. The SMILES string of the molecule is COC(=O)c1ccc(CN2CCOCC2)c(OCCCO[N+](=O)[O-])c1OC(=O)c1ccccc1OC(C)=O. The zero-order chi connectivity index (χ0) is 27.5. The van der Waals surface area contributed by atoms with E-state index in [1.165, 1.54) is 32.2 Å². The van der Waals surface area contributed by atoms with E-state index in [0.717, 1.165) is 0 Å². The van der Waals surface area contributed by atoms with Gasteiger partial charge >= 0.3 is 17.9 Å². The van der Waals surface area contributed by atoms with Crippen molar-refractivity contribution in [2.24, 2.45) is 0 Å². The Morgan fingerprint density at radius 1 is 0.974 bits per heavy atom. The largest absolute Gasteiger partial charge is 0.489 e. The number of carbonyl (C=O) groups is 3. The summed E-state index contributed by atoms with van der Waals surface area (Å²) < 4.78 is 27.0. The summed E-state index contributed by atoms with van der Waals surface area (Å²) in [4.78, 5) is 54.2. The second-order valence-electron chi connectivity index (χ2n) is 8.05. The van der Waals surface area contributed by atoms with Gasteiger partial charge < -0.3 is 28.5 Å². The molecule has 1 heterocycles. The quantitative estimate of drug-likeness (QED) is 0.130. The van der Waals surface area contributed by atoms with Crippen molar-refractivity contribution in [2.75, 3.05) is 46.6 Å². The molecule has 0 spiro atoms. The molecule has 0 atom stereocenters. The minimum absolute atomic E-state index is 0.0199. The molecule has 0 aliphatic carbocycles. The topological polar surface area (TPSA) is 153 Å². The summed E-state index contributed by atoms with van der Waals surface area (Å²) in [5, 5.41) is 9.54. The Morgan fingerprint density at radius 2 is 1.71 bits per heavy atom. The Hall–Kier alpha value is -4.23. The molecule has 13 heteroatoms. The molecule has 0 N–H and O–H groups in total. The van der Waals surface area contributed by atoms with E-state index in [1.807, 2.05) is 0 Å². The first kappa shape index (κ1) is 28.3. The minimum atomic E-state index is -0.907. The number of para-hydroxylation sites is 1. The van der Waals surface area contributed by atoms with E-state index in [2.05, 4.69) is 9.74 Å². The summed E-state index contributed by atoms with van der Waals surface area (Å²) in [5.74, 6) is -2.43. The van der Waals surface area contributed by atoms with Gasteiger partial charge in [0, 0.05) is 38.5 Å². The molecule has 0 saturated carbocycles. The molecule has 1 saturated heterocycles. The highest BCUT2D eigenvalue weighted by Gasteiger charge is 2.27. The van der Waals surface area contributed by atoms with Crippen LogP contribution in [0.4, 0.5) is 0 Å². The Bertz CT molecular complexity index is 1160. The second-order valence-corrected chi connectivity index (χ2v) is 8.05. The van der Waals surface area contributed by atoms with Gasteiger partial charge in [-0.3, -0.25) is 9.69 Å². The zero-order valence-corrected chi connectivity index (χ0v) is 21.0. The van der Waals surface area contributed by atoms with Gasteiger partial charge in [0.05, 0.1) is 33.5 Å². The van der Waals surface area contributed by atoms with E-state index in [0.29, 0.717) is 38.4 Å². The highest BCUT2D eigenvalue weighted by atomic mass is 16.9. The highest BCUT2D eigenvalue weighted by molar-refractivity contribution is 5.99. The third-order valence-electron chi connectivity index (χ3n) is 5.38. The Balaban J connectivity index is 1.99. The fourth-order valence-corrected chi connectivity index (χ4v) is 3.66. The molecular formula is C25H28N2O11. The number of ether oxygens (including phenoxy) is 5. The molecule has 0 unspecified atom stereocenters. The van der Waals surface area contributed by atoms with E-state index < -0.39 is 23.0 Å². The molecular weight excluding hydrogens is 504 g/mol. The lowest BCUT2D eigenvalue weighted by Crippen LogP contribution is -2.35. The summed E-state index contributed by atoms with van der Waals surface area (Å²) in [6, 6.07) is 9.11. The first-order valence-electron chi connectivity index (χ1n) is 11.7. The van der Waals surface area contributed by atoms with Gasteiger partial charge in [0.25, 0.3) is 5.09 Å². The average Bonchev–Trinajstić information content (AvgIpc) is 2.89. The third-order valence-corrected chi connectivity index (χ3v) is 5.38. The molecule has 204 valence electrons. The molecule has 0 radical (unpaired) electrons. The summed E-state index contributed by atoms with van der Waals surface area (Å²) in [6.07, 6.45) is 0.142. The van der Waals surface area contributed by atoms with Gasteiger partial charge in [-0.05, 0) is 18.2 Å². The zero-order valence-electron chi connectivity index (χ0n) is 21.0. The van der Waals surface area contributed by atoms with E-state index in [4.69, 9.17) is 23.7 Å². The third kappa shape index (κ3) is 7.88. The average molecular weight is 533 g/mol. The van der Waals surface area contributed by atoms with Crippen LogP contribution in [0.3, 0.4) is 0 Å². The van der Waals surface area contributed by atoms with Crippen molar-refractivity contribution in [3.05, 3.63) is 63.2 Å². The van der Waals surface area contributed by atoms with Crippen molar-refractivity contribution in [1.82, 2.24) is 4.90 Å². The minimum Gasteiger partial charge on any atom is -0.489 e. The van der Waals surface area contributed by atoms with Crippen LogP contribution in [0.1, 0.15) is 39.6 Å². The number of hydrogen-bond donors (Lipinski definition) is 0. The van der Waals surface area contributed by atoms with Gasteiger partial charge in [-0.15, -0.1) is 10.1 Å². The fraction of sp³-hybridized carbons (Fsp3) is 0.400. The van der Waals surface area contributed by atoms with Crippen LogP contribution in [0, 0.1) is 10.1 Å². The molecule has 1 fully saturated rings. The van der Waals surface area contributed by atoms with Crippen LogP contribution in [-0.4, -0.2) is 74.5 Å². The summed E-state index contributed by atoms with van der Waals surface area (Å²) in [5.41, 5.74) is 0.473. The van der Waals surface area contributed by atoms with Crippen molar-refractivity contribution in [3.8, 4) is 17.2 Å². The molecule has 38 heavy (non-hydrogen) atoms. The number of morpholine rings is 1. The highest BCUT2D eigenvalue weighted by Crippen LogP contribution is 2.38. The van der Waals surface area contributed by atoms with Crippen LogP contribution in [0.15, 0.2) is 36.4 Å². The molecule has 2 aromatic carbocycles. The van der Waals surface area contributed by atoms with Crippen LogP contribution in [0.2, 0.25) is 0 Å². The predicted molar refractivity (Wildman–Crippen MR) is 130 cm³/mol. The molecule has 0 amide bonds. The van der Waals surface area contributed by atoms with Crippen LogP contribution >= 0.6 is 0 Å². The number of hydrogen-bond acceptors (Lipinski definition) is 12. The van der Waals surface area contributed by atoms with Crippen molar-refractivity contribution in [2.45, 2.75) is 19.9 Å². The standard InChI is InChI=1S/C25H28N2O11/c1-17(28)37-21-7-4-3-6-19(21)25(30)38-23-20(24(29)33-2)9-8-18(16-26-10-14-34-15-11-26)22(23)35-12-5-13-36-27(31)32/h3-4,6-9H,5,10-16H2,1-2H3. The van der Waals surface area contributed by atoms with E-state index in [9.17, 15) is 24.5 Å². The van der Waals surface area contributed by atoms with Gasteiger partial charge in [-0.25, -0.2) is 9.59 Å². The van der Waals surface area contributed by atoms with Gasteiger partial charge in [0.15, 0.2) is 11.5 Å². The van der Waals surface area contributed by atoms with Crippen LogP contribution in [0.25, 0.3) is 0 Å². The number of carbonyl (C=O) groups excluding carboxylic acids is 3. The Morgan fingerprint density at radius 3 is 2.39 bits per heavy atom. The van der Waals surface area contributed by atoms with Gasteiger partial charge in [-0.1, -0.05) is 18.2 Å². The maximum Gasteiger partial charge on any atom is 0.347 e. The fourth-order valence-electron chi connectivity index (χ4n) is 3.66. The normalized spacial score (nSPS) is 13.3. The smallest absolute Gasteiger partial charge is 0.347 e. The number of rotatable bonds is 12. The monoisotopic (exact) mass is 532 g/mol. The summed E-state index contributed by atoms with van der Waals surface area (Å²) >= 11 is 0. The summed E-state index contributed by atoms with van der Waals surface area (Å²) in [7, 11) is 1.18.